The summed E-state index contributed by atoms with van der Waals surface area (Å²) in [5.41, 5.74) is 0. The zero-order valence-corrected chi connectivity index (χ0v) is 7.86. The summed E-state index contributed by atoms with van der Waals surface area (Å²) >= 11 is 0. The molecule has 0 spiro atoms. The van der Waals surface area contributed by atoms with E-state index in [4.69, 9.17) is 5.11 Å². The molecule has 0 saturated carbocycles. The van der Waals surface area contributed by atoms with Crippen LogP contribution in [-0.4, -0.2) is 52.6 Å². The Balaban J connectivity index is 2.65. The van der Waals surface area contributed by atoms with Crippen LogP contribution >= 0.6 is 0 Å². The minimum atomic E-state index is -0.662. The van der Waals surface area contributed by atoms with Gasteiger partial charge in [-0.15, -0.1) is 0 Å². The molecule has 1 atom stereocenters. The van der Waals surface area contributed by atoms with Crippen molar-refractivity contribution in [1.29, 1.82) is 0 Å². The highest BCUT2D eigenvalue weighted by molar-refractivity contribution is 6.01. The van der Waals surface area contributed by atoms with E-state index in [0.29, 0.717) is 6.54 Å². The number of urea groups is 1. The van der Waals surface area contributed by atoms with Crippen LogP contribution in [0, 0.1) is 0 Å². The first kappa shape index (κ1) is 9.98. The highest BCUT2D eigenvalue weighted by Gasteiger charge is 2.35. The van der Waals surface area contributed by atoms with Gasteiger partial charge in [0.25, 0.3) is 0 Å². The summed E-state index contributed by atoms with van der Waals surface area (Å²) in [5.74, 6) is -0.229. The first-order chi connectivity index (χ1) is 6.06. The fraction of sp³-hybridized carbons (Fsp3) is 0.750. The molecule has 1 saturated heterocycles. The summed E-state index contributed by atoms with van der Waals surface area (Å²) in [7, 11) is 0. The third-order valence-corrected chi connectivity index (χ3v) is 1.96. The van der Waals surface area contributed by atoms with E-state index in [1.54, 1.807) is 6.92 Å². The third-order valence-electron chi connectivity index (χ3n) is 1.96. The molecule has 5 nitrogen and oxygen atoms in total. The molecule has 1 fully saturated rings. The molecular formula is C8H14N2O3. The zero-order chi connectivity index (χ0) is 10.0. The quantitative estimate of drug-likeness (QED) is 0.613. The van der Waals surface area contributed by atoms with Crippen LogP contribution in [0.2, 0.25) is 0 Å². The maximum Gasteiger partial charge on any atom is 0.327 e. The van der Waals surface area contributed by atoms with E-state index < -0.39 is 6.10 Å². The Morgan fingerprint density at radius 3 is 2.54 bits per heavy atom. The second-order valence-corrected chi connectivity index (χ2v) is 3.15. The van der Waals surface area contributed by atoms with Gasteiger partial charge in [-0.05, 0) is 13.8 Å². The monoisotopic (exact) mass is 186 g/mol. The second kappa shape index (κ2) is 3.74. The highest BCUT2D eigenvalue weighted by Crippen LogP contribution is 2.09. The molecule has 0 unspecified atom stereocenters. The van der Waals surface area contributed by atoms with Gasteiger partial charge in [0.2, 0.25) is 5.91 Å². The fourth-order valence-corrected chi connectivity index (χ4v) is 1.28. The normalized spacial score (nSPS) is 19.9. The van der Waals surface area contributed by atoms with Crippen LogP contribution in [-0.2, 0) is 4.79 Å². The number of imide groups is 1. The van der Waals surface area contributed by atoms with Gasteiger partial charge in [0.15, 0.2) is 0 Å². The highest BCUT2D eigenvalue weighted by atomic mass is 16.3. The Morgan fingerprint density at radius 1 is 1.54 bits per heavy atom. The second-order valence-electron chi connectivity index (χ2n) is 3.15. The van der Waals surface area contributed by atoms with Crippen LogP contribution < -0.4 is 0 Å². The van der Waals surface area contributed by atoms with Crippen molar-refractivity contribution in [3.8, 4) is 0 Å². The third kappa shape index (κ3) is 1.98. The maximum absolute atomic E-state index is 11.4. The van der Waals surface area contributed by atoms with E-state index >= 15 is 0 Å². The number of carbonyl (C=O) groups excluding carboxylic acids is 2. The van der Waals surface area contributed by atoms with Crippen molar-refractivity contribution < 1.29 is 14.7 Å². The lowest BCUT2D eigenvalue weighted by atomic mass is 10.4. The predicted octanol–water partition coefficient (Wildman–Crippen LogP) is -0.349. The SMILES string of the molecule is CCN1CC(=O)N(C[C@@H](C)O)C1=O. The fourth-order valence-electron chi connectivity index (χ4n) is 1.28. The number of carbonyl (C=O) groups is 2. The van der Waals surface area contributed by atoms with Crippen molar-refractivity contribution in [2.75, 3.05) is 19.6 Å². The molecule has 0 aromatic carbocycles. The molecule has 74 valence electrons. The minimum absolute atomic E-state index is 0.0914. The van der Waals surface area contributed by atoms with Gasteiger partial charge in [-0.3, -0.25) is 9.69 Å². The molecule has 1 N–H and O–H groups in total. The number of aliphatic hydroxyl groups excluding tert-OH is 1. The van der Waals surface area contributed by atoms with Gasteiger partial charge in [-0.1, -0.05) is 0 Å². The summed E-state index contributed by atoms with van der Waals surface area (Å²) < 4.78 is 0. The van der Waals surface area contributed by atoms with E-state index in [2.05, 4.69) is 0 Å². The number of amides is 3. The van der Waals surface area contributed by atoms with Gasteiger partial charge < -0.3 is 10.0 Å². The molecule has 5 heteroatoms. The number of aliphatic hydroxyl groups is 1. The van der Waals surface area contributed by atoms with E-state index in [1.807, 2.05) is 6.92 Å². The number of nitrogens with zero attached hydrogens (tertiary/aromatic N) is 2. The van der Waals surface area contributed by atoms with E-state index in [9.17, 15) is 9.59 Å². The smallest absolute Gasteiger partial charge is 0.327 e. The molecule has 1 aliphatic rings. The number of likely N-dealkylation sites (N-methyl/N-ethyl adjacent to an activating group) is 1. The van der Waals surface area contributed by atoms with Crippen molar-refractivity contribution in [2.24, 2.45) is 0 Å². The molecule has 3 amide bonds. The van der Waals surface area contributed by atoms with E-state index in [0.717, 1.165) is 4.90 Å². The van der Waals surface area contributed by atoms with Crippen LogP contribution in [0.5, 0.6) is 0 Å². The van der Waals surface area contributed by atoms with E-state index in [-0.39, 0.29) is 25.0 Å². The first-order valence-electron chi connectivity index (χ1n) is 4.33. The van der Waals surface area contributed by atoms with Crippen molar-refractivity contribution >= 4 is 11.9 Å². The lowest BCUT2D eigenvalue weighted by Crippen LogP contribution is -2.37. The predicted molar refractivity (Wildman–Crippen MR) is 46.0 cm³/mol. The number of hydrogen-bond donors (Lipinski definition) is 1. The van der Waals surface area contributed by atoms with Gasteiger partial charge in [0.1, 0.15) is 6.54 Å². The van der Waals surface area contributed by atoms with Crippen molar-refractivity contribution in [2.45, 2.75) is 20.0 Å². The van der Waals surface area contributed by atoms with Gasteiger partial charge >= 0.3 is 6.03 Å². The molecule has 1 aliphatic heterocycles. The summed E-state index contributed by atoms with van der Waals surface area (Å²) in [4.78, 5) is 25.2. The standard InChI is InChI=1S/C8H14N2O3/c1-3-9-5-7(12)10(8(9)13)4-6(2)11/h6,11H,3-5H2,1-2H3/t6-/m1/s1. The maximum atomic E-state index is 11.4. The average Bonchev–Trinajstić information content (AvgIpc) is 2.31. The molecule has 0 radical (unpaired) electrons. The molecule has 0 aromatic heterocycles. The zero-order valence-electron chi connectivity index (χ0n) is 7.86. The van der Waals surface area contributed by atoms with Gasteiger partial charge in [-0.2, -0.15) is 0 Å². The van der Waals surface area contributed by atoms with Gasteiger partial charge in [0.05, 0.1) is 12.6 Å². The molecule has 0 bridgehead atoms. The van der Waals surface area contributed by atoms with Crippen LogP contribution in [0.15, 0.2) is 0 Å². The Kier molecular flexibility index (Phi) is 2.87. The van der Waals surface area contributed by atoms with Crippen LogP contribution in [0.4, 0.5) is 4.79 Å². The van der Waals surface area contributed by atoms with Crippen LogP contribution in [0.1, 0.15) is 13.8 Å². The summed E-state index contributed by atoms with van der Waals surface area (Å²) in [6.07, 6.45) is -0.662. The summed E-state index contributed by atoms with van der Waals surface area (Å²) in [6, 6.07) is -0.298. The first-order valence-corrected chi connectivity index (χ1v) is 4.33. The molecule has 1 heterocycles. The van der Waals surface area contributed by atoms with Crippen molar-refractivity contribution in [1.82, 2.24) is 9.80 Å². The van der Waals surface area contributed by atoms with Crippen LogP contribution in [0.25, 0.3) is 0 Å². The Bertz CT molecular complexity index is 227. The van der Waals surface area contributed by atoms with Gasteiger partial charge in [0, 0.05) is 6.54 Å². The average molecular weight is 186 g/mol. The van der Waals surface area contributed by atoms with E-state index in [1.165, 1.54) is 4.90 Å². The van der Waals surface area contributed by atoms with Crippen molar-refractivity contribution in [3.63, 3.8) is 0 Å². The van der Waals surface area contributed by atoms with Crippen LogP contribution in [0.3, 0.4) is 0 Å². The summed E-state index contributed by atoms with van der Waals surface area (Å²) in [5, 5.41) is 9.04. The number of hydrogen-bond acceptors (Lipinski definition) is 3. The molecule has 0 aliphatic carbocycles. The lowest BCUT2D eigenvalue weighted by Gasteiger charge is -2.16. The molecular weight excluding hydrogens is 172 g/mol. The van der Waals surface area contributed by atoms with Gasteiger partial charge in [-0.25, -0.2) is 4.79 Å². The lowest BCUT2D eigenvalue weighted by molar-refractivity contribution is -0.126. The largest absolute Gasteiger partial charge is 0.392 e. The molecule has 1 rings (SSSR count). The van der Waals surface area contributed by atoms with Crippen molar-refractivity contribution in [3.05, 3.63) is 0 Å². The number of β-amino-alcohol motifs (C(OH)–C–C–N with tert-alkyl or cyclic N) is 1. The molecule has 0 aromatic rings. The Labute approximate surface area is 76.9 Å². The minimum Gasteiger partial charge on any atom is -0.392 e. The Hall–Kier alpha value is -1.10. The molecule has 13 heavy (non-hydrogen) atoms. The Morgan fingerprint density at radius 2 is 2.15 bits per heavy atom. The number of rotatable bonds is 3. The topological polar surface area (TPSA) is 60.9 Å². The summed E-state index contributed by atoms with van der Waals surface area (Å²) in [6.45, 7) is 4.13.